The molecule has 156 valence electrons. The van der Waals surface area contributed by atoms with E-state index in [0.29, 0.717) is 0 Å². The molecule has 0 heterocycles. The lowest BCUT2D eigenvalue weighted by molar-refractivity contribution is -0.384. The minimum Gasteiger partial charge on any atom is -0.463 e. The van der Waals surface area contributed by atoms with Crippen LogP contribution in [0.2, 0.25) is 5.02 Å². The Bertz CT molecular complexity index is 920. The van der Waals surface area contributed by atoms with Gasteiger partial charge in [0.05, 0.1) is 28.1 Å². The van der Waals surface area contributed by atoms with Gasteiger partial charge in [-0.1, -0.05) is 36.7 Å². The fraction of sp³-hybridized carbons (Fsp3) is 0.316. The smallest absolute Gasteiger partial charge is 0.431 e. The van der Waals surface area contributed by atoms with E-state index in [0.717, 1.165) is 6.07 Å². The predicted molar refractivity (Wildman–Crippen MR) is 109 cm³/mol. The molecule has 0 fully saturated rings. The number of nitro groups is 1. The van der Waals surface area contributed by atoms with Crippen LogP contribution in [-0.4, -0.2) is 23.2 Å². The number of esters is 1. The van der Waals surface area contributed by atoms with Crippen LogP contribution in [0.1, 0.15) is 20.8 Å². The first-order valence-electron chi connectivity index (χ1n) is 8.77. The van der Waals surface area contributed by atoms with Crippen molar-refractivity contribution in [2.24, 2.45) is 5.92 Å². The summed E-state index contributed by atoms with van der Waals surface area (Å²) < 4.78 is 29.8. The van der Waals surface area contributed by atoms with Crippen molar-refractivity contribution in [2.75, 3.05) is 6.16 Å². The Morgan fingerprint density at radius 3 is 2.34 bits per heavy atom. The van der Waals surface area contributed by atoms with Gasteiger partial charge in [0, 0.05) is 12.1 Å². The number of rotatable bonds is 9. The largest absolute Gasteiger partial charge is 0.463 e. The molecule has 0 saturated heterocycles. The Hall–Kier alpha value is -2.57. The molecule has 0 N–H and O–H groups in total. The summed E-state index contributed by atoms with van der Waals surface area (Å²) >= 11 is 6.05. The van der Waals surface area contributed by atoms with Crippen LogP contribution in [0.3, 0.4) is 0 Å². The van der Waals surface area contributed by atoms with E-state index in [-0.39, 0.29) is 34.5 Å². The normalized spacial score (nSPS) is 14.0. The Balaban J connectivity index is 2.30. The zero-order valence-corrected chi connectivity index (χ0v) is 17.8. The number of hydrogen-bond acceptors (Lipinski definition) is 7. The molecule has 0 amide bonds. The van der Waals surface area contributed by atoms with Gasteiger partial charge in [-0.3, -0.25) is 14.9 Å². The lowest BCUT2D eigenvalue weighted by Crippen LogP contribution is -2.23. The highest BCUT2D eigenvalue weighted by Gasteiger charge is 2.35. The molecule has 2 rings (SSSR count). The van der Waals surface area contributed by atoms with Crippen molar-refractivity contribution < 1.29 is 28.1 Å². The van der Waals surface area contributed by atoms with Gasteiger partial charge in [0.25, 0.3) is 5.69 Å². The Morgan fingerprint density at radius 1 is 1.14 bits per heavy atom. The average molecular weight is 442 g/mol. The molecular formula is C19H21ClNO7P. The average Bonchev–Trinajstić information content (AvgIpc) is 2.63. The van der Waals surface area contributed by atoms with Gasteiger partial charge in [0.2, 0.25) is 0 Å². The Labute approximate surface area is 173 Å². The topological polar surface area (TPSA) is 105 Å². The molecule has 10 heteroatoms. The third kappa shape index (κ3) is 6.76. The second kappa shape index (κ2) is 9.76. The molecule has 0 spiro atoms. The third-order valence-corrected chi connectivity index (χ3v) is 5.86. The van der Waals surface area contributed by atoms with Crippen molar-refractivity contribution in [1.29, 1.82) is 0 Å². The number of halogens is 1. The van der Waals surface area contributed by atoms with Crippen LogP contribution in [0.15, 0.2) is 48.5 Å². The molecule has 0 aliphatic rings. The first-order valence-corrected chi connectivity index (χ1v) is 10.9. The van der Waals surface area contributed by atoms with Gasteiger partial charge in [-0.15, -0.1) is 0 Å². The third-order valence-electron chi connectivity index (χ3n) is 3.60. The number of non-ortho nitro benzene ring substituents is 1. The van der Waals surface area contributed by atoms with Crippen LogP contribution in [0, 0.1) is 16.0 Å². The number of carbonyl (C=O) groups excluding carboxylic acids is 1. The van der Waals surface area contributed by atoms with Crippen LogP contribution in [-0.2, 0) is 14.1 Å². The summed E-state index contributed by atoms with van der Waals surface area (Å²) in [7, 11) is -3.94. The van der Waals surface area contributed by atoms with E-state index >= 15 is 0 Å². The van der Waals surface area contributed by atoms with Crippen LogP contribution < -0.4 is 9.05 Å². The van der Waals surface area contributed by atoms with Gasteiger partial charge in [-0.05, 0) is 32.0 Å². The summed E-state index contributed by atoms with van der Waals surface area (Å²) in [4.78, 5) is 22.4. The van der Waals surface area contributed by atoms with E-state index in [9.17, 15) is 19.5 Å². The van der Waals surface area contributed by atoms with E-state index in [1.807, 2.05) is 0 Å². The van der Waals surface area contributed by atoms with E-state index in [1.54, 1.807) is 51.1 Å². The molecule has 0 bridgehead atoms. The molecule has 0 aromatic heterocycles. The number of carbonyl (C=O) groups is 1. The first kappa shape index (κ1) is 22.7. The van der Waals surface area contributed by atoms with Gasteiger partial charge >= 0.3 is 13.6 Å². The van der Waals surface area contributed by atoms with Gasteiger partial charge in [-0.2, -0.15) is 0 Å². The molecule has 29 heavy (non-hydrogen) atoms. The number of benzene rings is 2. The summed E-state index contributed by atoms with van der Waals surface area (Å²) in [6.45, 7) is 4.96. The Kier molecular flexibility index (Phi) is 7.65. The van der Waals surface area contributed by atoms with E-state index < -0.39 is 24.4 Å². The number of nitro benzene ring substituents is 1. The number of ether oxygens (including phenoxy) is 1. The molecule has 1 unspecified atom stereocenters. The van der Waals surface area contributed by atoms with Crippen molar-refractivity contribution in [3.05, 3.63) is 63.7 Å². The summed E-state index contributed by atoms with van der Waals surface area (Å²) in [6.07, 6.45) is -0.606. The molecule has 0 radical (unpaired) electrons. The second-order valence-electron chi connectivity index (χ2n) is 6.55. The van der Waals surface area contributed by atoms with Crippen molar-refractivity contribution in [3.63, 3.8) is 0 Å². The lowest BCUT2D eigenvalue weighted by atomic mass is 10.2. The van der Waals surface area contributed by atoms with Gasteiger partial charge in [0.1, 0.15) is 11.5 Å². The van der Waals surface area contributed by atoms with Gasteiger partial charge < -0.3 is 13.8 Å². The molecule has 0 saturated carbocycles. The number of nitrogens with zero attached hydrogens (tertiary/aromatic N) is 1. The van der Waals surface area contributed by atoms with Crippen LogP contribution in [0.5, 0.6) is 11.5 Å². The standard InChI is InChI=1S/C19H21ClNO7P/c1-13(2)26-19(22)14(3)12-29(25,27-16-7-5-4-6-8-16)28-18-10-9-15(21(23)24)11-17(18)20/h4-11,13-14H,12H2,1-3H3/t14-,29?/m1/s1. The van der Waals surface area contributed by atoms with E-state index in [2.05, 4.69) is 0 Å². The van der Waals surface area contributed by atoms with Crippen molar-refractivity contribution in [3.8, 4) is 11.5 Å². The highest BCUT2D eigenvalue weighted by molar-refractivity contribution is 7.54. The zero-order valence-electron chi connectivity index (χ0n) is 16.1. The summed E-state index contributed by atoms with van der Waals surface area (Å²) in [5.41, 5.74) is -0.241. The molecule has 0 aliphatic heterocycles. The van der Waals surface area contributed by atoms with E-state index in [4.69, 9.17) is 25.4 Å². The molecular weight excluding hydrogens is 421 g/mol. The summed E-state index contributed by atoms with van der Waals surface area (Å²) in [5.74, 6) is -1.11. The summed E-state index contributed by atoms with van der Waals surface area (Å²) in [5, 5.41) is 10.8. The zero-order chi connectivity index (χ0) is 21.6. The van der Waals surface area contributed by atoms with Crippen molar-refractivity contribution >= 4 is 30.9 Å². The lowest BCUT2D eigenvalue weighted by Gasteiger charge is -2.23. The molecule has 2 aromatic carbocycles. The molecule has 0 aliphatic carbocycles. The maximum Gasteiger partial charge on any atom is 0.431 e. The number of para-hydroxylation sites is 1. The van der Waals surface area contributed by atoms with Crippen LogP contribution >= 0.6 is 19.2 Å². The van der Waals surface area contributed by atoms with Gasteiger partial charge in [0.15, 0.2) is 0 Å². The minimum atomic E-state index is -3.94. The van der Waals surface area contributed by atoms with Crippen LogP contribution in [0.25, 0.3) is 0 Å². The molecule has 2 atom stereocenters. The quantitative estimate of drug-likeness (QED) is 0.219. The van der Waals surface area contributed by atoms with Crippen molar-refractivity contribution in [1.82, 2.24) is 0 Å². The predicted octanol–water partition coefficient (Wildman–Crippen LogP) is 5.49. The van der Waals surface area contributed by atoms with Crippen molar-refractivity contribution in [2.45, 2.75) is 26.9 Å². The highest BCUT2D eigenvalue weighted by Crippen LogP contribution is 2.51. The molecule has 2 aromatic rings. The van der Waals surface area contributed by atoms with Gasteiger partial charge in [-0.25, -0.2) is 4.57 Å². The SMILES string of the molecule is CC(C)OC(=O)[C@H](C)CP(=O)(Oc1ccccc1)Oc1ccc([N+](=O)[O-])cc1Cl. The monoisotopic (exact) mass is 441 g/mol. The highest BCUT2D eigenvalue weighted by atomic mass is 35.5. The first-order chi connectivity index (χ1) is 13.6. The Morgan fingerprint density at radius 2 is 1.79 bits per heavy atom. The summed E-state index contributed by atoms with van der Waals surface area (Å²) in [6, 6.07) is 11.8. The number of hydrogen-bond donors (Lipinski definition) is 0. The minimum absolute atomic E-state index is 0.0547. The molecule has 8 nitrogen and oxygen atoms in total. The fourth-order valence-corrected chi connectivity index (χ4v) is 4.50. The second-order valence-corrected chi connectivity index (χ2v) is 8.91. The fourth-order valence-electron chi connectivity index (χ4n) is 2.32. The van der Waals surface area contributed by atoms with E-state index in [1.165, 1.54) is 12.1 Å². The maximum absolute atomic E-state index is 13.5. The maximum atomic E-state index is 13.5. The van der Waals surface area contributed by atoms with Crippen LogP contribution in [0.4, 0.5) is 5.69 Å².